The molecular formula is C15H26N2O4. The summed E-state index contributed by atoms with van der Waals surface area (Å²) in [5.74, 6) is -0.905. The molecule has 1 unspecified atom stereocenters. The van der Waals surface area contributed by atoms with Crippen molar-refractivity contribution in [3.05, 3.63) is 0 Å². The molecule has 0 spiro atoms. The van der Waals surface area contributed by atoms with Gasteiger partial charge in [-0.2, -0.15) is 0 Å². The molecule has 0 aromatic heterocycles. The zero-order chi connectivity index (χ0) is 15.3. The van der Waals surface area contributed by atoms with Crippen LogP contribution in [0.5, 0.6) is 0 Å². The van der Waals surface area contributed by atoms with Crippen molar-refractivity contribution in [2.75, 3.05) is 19.7 Å². The van der Waals surface area contributed by atoms with Gasteiger partial charge in [0.05, 0.1) is 12.7 Å². The van der Waals surface area contributed by atoms with Gasteiger partial charge in [0.25, 0.3) is 0 Å². The van der Waals surface area contributed by atoms with E-state index in [2.05, 4.69) is 5.32 Å². The Bertz CT molecular complexity index is 378. The zero-order valence-electron chi connectivity index (χ0n) is 12.8. The second-order valence-electron chi connectivity index (χ2n) is 6.08. The minimum Gasteiger partial charge on any atom is -0.480 e. The first-order valence-electron chi connectivity index (χ1n) is 7.99. The van der Waals surface area contributed by atoms with Crippen LogP contribution in [-0.2, 0) is 9.53 Å². The van der Waals surface area contributed by atoms with E-state index in [1.165, 1.54) is 0 Å². The molecule has 2 aliphatic rings. The maximum absolute atomic E-state index is 12.4. The summed E-state index contributed by atoms with van der Waals surface area (Å²) in [6.45, 7) is 3.61. The van der Waals surface area contributed by atoms with Crippen molar-refractivity contribution in [1.29, 1.82) is 0 Å². The predicted octanol–water partition coefficient (Wildman–Crippen LogP) is 1.98. The number of aliphatic carboxylic acids is 1. The Morgan fingerprint density at radius 2 is 1.95 bits per heavy atom. The van der Waals surface area contributed by atoms with Crippen molar-refractivity contribution in [3.63, 3.8) is 0 Å². The van der Waals surface area contributed by atoms with Gasteiger partial charge in [0, 0.05) is 13.1 Å². The van der Waals surface area contributed by atoms with Crippen LogP contribution in [0.1, 0.15) is 51.9 Å². The van der Waals surface area contributed by atoms with Crippen molar-refractivity contribution >= 4 is 12.0 Å². The molecule has 0 aromatic carbocycles. The Morgan fingerprint density at radius 3 is 2.52 bits per heavy atom. The number of rotatable bonds is 3. The van der Waals surface area contributed by atoms with Crippen LogP contribution in [0, 0.1) is 0 Å². The number of carbonyl (C=O) groups is 2. The number of nitrogens with one attached hydrogen (secondary N) is 1. The van der Waals surface area contributed by atoms with E-state index < -0.39 is 11.5 Å². The predicted molar refractivity (Wildman–Crippen MR) is 78.2 cm³/mol. The van der Waals surface area contributed by atoms with Crippen molar-refractivity contribution < 1.29 is 19.4 Å². The first-order chi connectivity index (χ1) is 10.1. The summed E-state index contributed by atoms with van der Waals surface area (Å²) in [6.07, 6.45) is 5.75. The molecule has 120 valence electrons. The summed E-state index contributed by atoms with van der Waals surface area (Å²) in [5, 5.41) is 12.4. The molecule has 1 saturated carbocycles. The van der Waals surface area contributed by atoms with Gasteiger partial charge in [0.1, 0.15) is 5.54 Å². The van der Waals surface area contributed by atoms with E-state index in [1.807, 2.05) is 6.92 Å². The van der Waals surface area contributed by atoms with E-state index in [0.717, 1.165) is 32.1 Å². The number of ether oxygens (including phenoxy) is 1. The smallest absolute Gasteiger partial charge is 0.329 e. The Hall–Kier alpha value is -1.30. The molecule has 2 rings (SSSR count). The van der Waals surface area contributed by atoms with Crippen molar-refractivity contribution in [1.82, 2.24) is 10.2 Å². The SMILES string of the molecule is CCC1CN(C(=O)NC2(C(=O)O)CCCCCC2)CCO1. The van der Waals surface area contributed by atoms with E-state index in [1.54, 1.807) is 4.90 Å². The highest BCUT2D eigenvalue weighted by molar-refractivity contribution is 5.86. The molecule has 2 amide bonds. The molecule has 2 fully saturated rings. The number of carbonyl (C=O) groups excluding carboxylic acids is 1. The molecule has 1 aliphatic heterocycles. The highest BCUT2D eigenvalue weighted by Crippen LogP contribution is 2.28. The number of hydrogen-bond acceptors (Lipinski definition) is 3. The first kappa shape index (κ1) is 16.1. The summed E-state index contributed by atoms with van der Waals surface area (Å²) in [5.41, 5.74) is -1.09. The van der Waals surface area contributed by atoms with Gasteiger partial charge in [-0.3, -0.25) is 0 Å². The monoisotopic (exact) mass is 298 g/mol. The van der Waals surface area contributed by atoms with Gasteiger partial charge in [0.15, 0.2) is 0 Å². The fraction of sp³-hybridized carbons (Fsp3) is 0.867. The minimum absolute atomic E-state index is 0.0550. The number of hydrogen-bond donors (Lipinski definition) is 2. The van der Waals surface area contributed by atoms with Gasteiger partial charge in [-0.15, -0.1) is 0 Å². The van der Waals surface area contributed by atoms with Gasteiger partial charge in [-0.25, -0.2) is 9.59 Å². The van der Waals surface area contributed by atoms with E-state index in [4.69, 9.17) is 4.74 Å². The summed E-state index contributed by atoms with van der Waals surface area (Å²) < 4.78 is 5.55. The lowest BCUT2D eigenvalue weighted by Gasteiger charge is -2.36. The normalized spacial score (nSPS) is 26.0. The lowest BCUT2D eigenvalue weighted by molar-refractivity contribution is -0.145. The lowest BCUT2D eigenvalue weighted by Crippen LogP contribution is -2.59. The number of carboxylic acids is 1. The molecule has 2 N–H and O–H groups in total. The average Bonchev–Trinajstić information content (AvgIpc) is 2.74. The van der Waals surface area contributed by atoms with Crippen molar-refractivity contribution in [2.24, 2.45) is 0 Å². The minimum atomic E-state index is -1.09. The largest absolute Gasteiger partial charge is 0.480 e. The summed E-state index contributed by atoms with van der Waals surface area (Å²) in [7, 11) is 0. The quantitative estimate of drug-likeness (QED) is 0.781. The Morgan fingerprint density at radius 1 is 1.29 bits per heavy atom. The molecule has 6 heteroatoms. The maximum Gasteiger partial charge on any atom is 0.329 e. The van der Waals surface area contributed by atoms with Gasteiger partial charge in [-0.05, 0) is 19.3 Å². The van der Waals surface area contributed by atoms with Crippen LogP contribution < -0.4 is 5.32 Å². The highest BCUT2D eigenvalue weighted by Gasteiger charge is 2.41. The topological polar surface area (TPSA) is 78.9 Å². The summed E-state index contributed by atoms with van der Waals surface area (Å²) >= 11 is 0. The van der Waals surface area contributed by atoms with Crippen LogP contribution in [-0.4, -0.2) is 53.3 Å². The van der Waals surface area contributed by atoms with Gasteiger partial charge in [0.2, 0.25) is 0 Å². The fourth-order valence-corrected chi connectivity index (χ4v) is 3.16. The van der Waals surface area contributed by atoms with Gasteiger partial charge >= 0.3 is 12.0 Å². The Kier molecular flexibility index (Phi) is 5.45. The molecule has 1 heterocycles. The third kappa shape index (κ3) is 3.87. The number of morpholine rings is 1. The third-order valence-electron chi connectivity index (χ3n) is 4.59. The molecule has 0 aromatic rings. The van der Waals surface area contributed by atoms with Crippen LogP contribution in [0.4, 0.5) is 4.79 Å². The summed E-state index contributed by atoms with van der Waals surface area (Å²) in [4.78, 5) is 25.8. The summed E-state index contributed by atoms with van der Waals surface area (Å²) in [6, 6.07) is -0.263. The molecule has 0 bridgehead atoms. The van der Waals surface area contributed by atoms with E-state index in [-0.39, 0.29) is 12.1 Å². The number of carboxylic acid groups (broad SMARTS) is 1. The second-order valence-corrected chi connectivity index (χ2v) is 6.08. The number of urea groups is 1. The van der Waals surface area contributed by atoms with Crippen LogP contribution >= 0.6 is 0 Å². The van der Waals surface area contributed by atoms with E-state index in [9.17, 15) is 14.7 Å². The van der Waals surface area contributed by atoms with Gasteiger partial charge in [-0.1, -0.05) is 32.6 Å². The lowest BCUT2D eigenvalue weighted by atomic mass is 9.90. The average molecular weight is 298 g/mol. The Balaban J connectivity index is 2.02. The third-order valence-corrected chi connectivity index (χ3v) is 4.59. The Labute approximate surface area is 125 Å². The molecule has 0 radical (unpaired) electrons. The van der Waals surface area contributed by atoms with Crippen LogP contribution in [0.15, 0.2) is 0 Å². The fourth-order valence-electron chi connectivity index (χ4n) is 3.16. The first-order valence-corrected chi connectivity index (χ1v) is 7.99. The zero-order valence-corrected chi connectivity index (χ0v) is 12.8. The molecule has 1 atom stereocenters. The van der Waals surface area contributed by atoms with Crippen LogP contribution in [0.3, 0.4) is 0 Å². The highest BCUT2D eigenvalue weighted by atomic mass is 16.5. The second kappa shape index (κ2) is 7.11. The molecular weight excluding hydrogens is 272 g/mol. The van der Waals surface area contributed by atoms with Crippen LogP contribution in [0.25, 0.3) is 0 Å². The number of amides is 2. The standard InChI is InChI=1S/C15H26N2O4/c1-2-12-11-17(9-10-21-12)14(20)16-15(13(18)19)7-5-3-4-6-8-15/h12H,2-11H2,1H3,(H,16,20)(H,18,19). The van der Waals surface area contributed by atoms with Crippen molar-refractivity contribution in [2.45, 2.75) is 63.5 Å². The maximum atomic E-state index is 12.4. The van der Waals surface area contributed by atoms with E-state index >= 15 is 0 Å². The molecule has 1 aliphatic carbocycles. The van der Waals surface area contributed by atoms with Crippen molar-refractivity contribution in [3.8, 4) is 0 Å². The molecule has 1 saturated heterocycles. The van der Waals surface area contributed by atoms with E-state index in [0.29, 0.717) is 32.5 Å². The molecule has 21 heavy (non-hydrogen) atoms. The van der Waals surface area contributed by atoms with Crippen LogP contribution in [0.2, 0.25) is 0 Å². The molecule has 6 nitrogen and oxygen atoms in total. The van der Waals surface area contributed by atoms with Gasteiger partial charge < -0.3 is 20.1 Å². The number of nitrogens with zero attached hydrogens (tertiary/aromatic N) is 1.